The Morgan fingerprint density at radius 2 is 0.491 bits per heavy atom. The number of rotatable bonds is 8. The van der Waals surface area contributed by atoms with Crippen LogP contribution in [-0.4, -0.2) is 24.9 Å². The van der Waals surface area contributed by atoms with Crippen molar-refractivity contribution in [1.82, 2.24) is 24.9 Å². The molecule has 1 unspecified atom stereocenters. The SMILES string of the molecule is c1ccc(-c2ccc(-c3nc(-c4ccc5c(c4)-c4ccccc4C54c5ccc6ccccc6c5Sc5c4ccc4ccccc54)nc4cc(-c5ccc6ccc7c(c6c5)Sc5c(ccc6ccccc56)C75c6ccccc6-c6cc(-c7ccc(-c8nc(-c9ccccc9)nc(-c9ccccc9)n8)cc7)ccc65)ccc34)cc2)cc1. The second kappa shape index (κ2) is 25.3. The van der Waals surface area contributed by atoms with Crippen LogP contribution in [-0.2, 0) is 10.8 Å². The van der Waals surface area contributed by atoms with Gasteiger partial charge in [-0.2, -0.15) is 0 Å². The average molecular weight is 1480 g/mol. The smallest absolute Gasteiger partial charge is 0.164 e. The molecule has 1 atom stereocenters. The van der Waals surface area contributed by atoms with Crippen molar-refractivity contribution >= 4 is 77.5 Å². The van der Waals surface area contributed by atoms with Crippen LogP contribution < -0.4 is 0 Å². The zero-order valence-electron chi connectivity index (χ0n) is 61.4. The molecular weight excluding hydrogens is 1420 g/mol. The van der Waals surface area contributed by atoms with Gasteiger partial charge in [-0.1, -0.05) is 375 Å². The number of fused-ring (bicyclic) bond motifs is 27. The molecule has 528 valence electrons. The van der Waals surface area contributed by atoms with Crippen molar-refractivity contribution in [1.29, 1.82) is 0 Å². The van der Waals surface area contributed by atoms with Gasteiger partial charge in [-0.25, -0.2) is 24.9 Å². The van der Waals surface area contributed by atoms with E-state index in [2.05, 4.69) is 346 Å². The van der Waals surface area contributed by atoms with Gasteiger partial charge in [-0.05, 0) is 174 Å². The van der Waals surface area contributed by atoms with Gasteiger partial charge < -0.3 is 0 Å². The molecule has 4 heterocycles. The van der Waals surface area contributed by atoms with E-state index < -0.39 is 10.8 Å². The Hall–Kier alpha value is -14.0. The van der Waals surface area contributed by atoms with Crippen LogP contribution in [0.3, 0.4) is 0 Å². The van der Waals surface area contributed by atoms with Crippen molar-refractivity contribution in [3.05, 3.63) is 427 Å². The van der Waals surface area contributed by atoms with E-state index in [0.29, 0.717) is 23.3 Å². The minimum atomic E-state index is -0.648. The highest BCUT2D eigenvalue weighted by Crippen LogP contribution is 2.67. The molecule has 0 saturated carbocycles. The molecule has 0 saturated heterocycles. The van der Waals surface area contributed by atoms with Gasteiger partial charge >= 0.3 is 0 Å². The van der Waals surface area contributed by atoms with Gasteiger partial charge in [-0.3, -0.25) is 0 Å². The van der Waals surface area contributed by atoms with Gasteiger partial charge in [0.05, 0.1) is 22.0 Å². The maximum Gasteiger partial charge on any atom is 0.164 e. The van der Waals surface area contributed by atoms with E-state index in [9.17, 15) is 0 Å². The summed E-state index contributed by atoms with van der Waals surface area (Å²) in [6.45, 7) is 0. The van der Waals surface area contributed by atoms with Crippen LogP contribution in [0, 0.1) is 0 Å². The topological polar surface area (TPSA) is 64.5 Å². The molecule has 0 radical (unpaired) electrons. The summed E-state index contributed by atoms with van der Waals surface area (Å²) >= 11 is 3.85. The summed E-state index contributed by atoms with van der Waals surface area (Å²) in [5.41, 5.74) is 27.3. The molecule has 2 aliphatic heterocycles. The normalized spacial score (nSPS) is 14.4. The first kappa shape index (κ1) is 64.8. The molecule has 0 N–H and O–H groups in total. The van der Waals surface area contributed by atoms with Gasteiger partial charge in [-0.15, -0.1) is 0 Å². The predicted molar refractivity (Wildman–Crippen MR) is 469 cm³/mol. The summed E-state index contributed by atoms with van der Waals surface area (Å²) in [6, 6.07) is 141. The number of nitrogens with zero attached hydrogens (tertiary/aromatic N) is 5. The number of hydrogen-bond acceptors (Lipinski definition) is 7. The summed E-state index contributed by atoms with van der Waals surface area (Å²) in [5.74, 6) is 2.58. The van der Waals surface area contributed by atoms with Crippen molar-refractivity contribution in [2.75, 3.05) is 0 Å². The van der Waals surface area contributed by atoms with Crippen LogP contribution in [0.2, 0.25) is 0 Å². The lowest BCUT2D eigenvalue weighted by Crippen LogP contribution is -2.32. The minimum Gasteiger partial charge on any atom is -0.228 e. The molecule has 0 bridgehead atoms. The summed E-state index contributed by atoms with van der Waals surface area (Å²) < 4.78 is 0. The highest BCUT2D eigenvalue weighted by molar-refractivity contribution is 8.00. The van der Waals surface area contributed by atoms with Crippen molar-refractivity contribution in [2.24, 2.45) is 0 Å². The highest BCUT2D eigenvalue weighted by atomic mass is 32.2. The second-order valence-electron chi connectivity index (χ2n) is 30.4. The van der Waals surface area contributed by atoms with Gasteiger partial charge in [0.25, 0.3) is 0 Å². The van der Waals surface area contributed by atoms with Crippen LogP contribution in [0.15, 0.2) is 402 Å². The van der Waals surface area contributed by atoms with Crippen LogP contribution >= 0.6 is 23.5 Å². The Morgan fingerprint density at radius 3 is 1.01 bits per heavy atom. The highest BCUT2D eigenvalue weighted by Gasteiger charge is 2.53. The fraction of sp³-hybridized carbons (Fsp3) is 0.0187. The Bertz CT molecular complexity index is 7330. The maximum absolute atomic E-state index is 5.73. The molecule has 7 heteroatoms. The molecule has 20 aromatic rings. The van der Waals surface area contributed by atoms with Crippen molar-refractivity contribution in [3.63, 3.8) is 0 Å². The molecule has 4 aliphatic rings. The van der Waals surface area contributed by atoms with Crippen LogP contribution in [0.1, 0.15) is 44.5 Å². The molecule has 2 aliphatic carbocycles. The summed E-state index contributed by atoms with van der Waals surface area (Å²) in [7, 11) is 0. The van der Waals surface area contributed by atoms with Crippen LogP contribution in [0.5, 0.6) is 0 Å². The van der Waals surface area contributed by atoms with Crippen molar-refractivity contribution in [2.45, 2.75) is 30.4 Å². The lowest BCUT2D eigenvalue weighted by atomic mass is 9.66. The van der Waals surface area contributed by atoms with E-state index in [1.165, 1.54) is 135 Å². The zero-order chi connectivity index (χ0) is 74.7. The molecule has 24 rings (SSSR count). The molecular formula is C107H63N5S2. The number of aromatic nitrogens is 5. The molecule has 2 spiro atoms. The van der Waals surface area contributed by atoms with E-state index in [0.717, 1.165) is 72.2 Å². The zero-order valence-corrected chi connectivity index (χ0v) is 63.1. The van der Waals surface area contributed by atoms with Crippen LogP contribution in [0.4, 0.5) is 0 Å². The summed E-state index contributed by atoms with van der Waals surface area (Å²) in [4.78, 5) is 31.7. The minimum absolute atomic E-state index is 0.594. The predicted octanol–water partition coefficient (Wildman–Crippen LogP) is 27.4. The number of benzene rings is 18. The Labute approximate surface area is 667 Å². The van der Waals surface area contributed by atoms with E-state index in [4.69, 9.17) is 24.9 Å². The lowest BCUT2D eigenvalue weighted by molar-refractivity contribution is 0.729. The Morgan fingerprint density at radius 1 is 0.175 bits per heavy atom. The lowest BCUT2D eigenvalue weighted by Gasteiger charge is -2.40. The molecule has 114 heavy (non-hydrogen) atoms. The van der Waals surface area contributed by atoms with Crippen molar-refractivity contribution < 1.29 is 0 Å². The Kier molecular flexibility index (Phi) is 14.4. The third-order valence-electron chi connectivity index (χ3n) is 24.5. The van der Waals surface area contributed by atoms with Gasteiger partial charge in [0.15, 0.2) is 23.3 Å². The molecule has 0 amide bonds. The largest absolute Gasteiger partial charge is 0.228 e. The fourth-order valence-corrected chi connectivity index (χ4v) is 22.1. The quantitative estimate of drug-likeness (QED) is 0.150. The third kappa shape index (κ3) is 9.67. The molecule has 18 aromatic carbocycles. The van der Waals surface area contributed by atoms with Gasteiger partial charge in [0, 0.05) is 52.8 Å². The fourth-order valence-electron chi connectivity index (χ4n) is 19.2. The molecule has 0 fully saturated rings. The second-order valence-corrected chi connectivity index (χ2v) is 32.4. The first-order valence-electron chi connectivity index (χ1n) is 38.9. The third-order valence-corrected chi connectivity index (χ3v) is 27.0. The Balaban J connectivity index is 0.654. The van der Waals surface area contributed by atoms with E-state index in [-0.39, 0.29) is 0 Å². The van der Waals surface area contributed by atoms with Gasteiger partial charge in [0.2, 0.25) is 0 Å². The van der Waals surface area contributed by atoms with Crippen LogP contribution in [0.25, 0.3) is 166 Å². The standard InChI is InChI=1S/C107H63N5S2/c1-4-20-64(21-5-1)65-36-41-71(42-37-65)97-84-53-46-77(63-96(84)108-105(109-97)78-52-55-91-87(62-78)83-33-17-19-35-89(83)106(91)92-56-47-67-22-10-13-29-79(67)98(92)113-99-80-30-14-11-23-68(80)48-57-93(99)106)76-45-40-70-50-59-95-101(85(70)60-76)114-100-81-31-15-12-24-69(81)49-58-94(100)107(95)88-34-18-16-32-82(88)86-61-75(51-54-90(86)107)66-38-43-74(44-39-66)104-111-102(72-25-6-2-7-26-72)110-103(112-104)73-27-8-3-9-28-73/h1-63H. The monoisotopic (exact) mass is 1480 g/mol. The van der Waals surface area contributed by atoms with E-state index >= 15 is 0 Å². The first-order chi connectivity index (χ1) is 56.5. The maximum atomic E-state index is 5.73. The van der Waals surface area contributed by atoms with E-state index in [1.54, 1.807) is 0 Å². The summed E-state index contributed by atoms with van der Waals surface area (Å²) in [5, 5.41) is 10.9. The average Bonchev–Trinajstić information content (AvgIpc) is 1.47. The van der Waals surface area contributed by atoms with Gasteiger partial charge in [0.1, 0.15) is 0 Å². The first-order valence-corrected chi connectivity index (χ1v) is 40.5. The van der Waals surface area contributed by atoms with Crippen molar-refractivity contribution in [3.8, 4) is 112 Å². The van der Waals surface area contributed by atoms with E-state index in [1.807, 2.05) is 59.9 Å². The molecule has 2 aromatic heterocycles. The summed E-state index contributed by atoms with van der Waals surface area (Å²) in [6.07, 6.45) is 0. The number of hydrogen-bond donors (Lipinski definition) is 0. The molecule has 5 nitrogen and oxygen atoms in total.